The quantitative estimate of drug-likeness (QED) is 0.763. The number of benzene rings is 1. The van der Waals surface area contributed by atoms with Gasteiger partial charge in [-0.25, -0.2) is 14.8 Å². The van der Waals surface area contributed by atoms with Crippen molar-refractivity contribution in [2.45, 2.75) is 38.0 Å². The summed E-state index contributed by atoms with van der Waals surface area (Å²) in [7, 11) is 1.27. The minimum atomic E-state index is -0.587. The maximum Gasteiger partial charge on any atom is 0.358 e. The van der Waals surface area contributed by atoms with Crippen molar-refractivity contribution in [3.8, 4) is 0 Å². The van der Waals surface area contributed by atoms with Crippen molar-refractivity contribution >= 4 is 35.0 Å². The summed E-state index contributed by atoms with van der Waals surface area (Å²) >= 11 is 11.6. The first-order chi connectivity index (χ1) is 12.5. The molecule has 1 heterocycles. The molecule has 2 fully saturated rings. The van der Waals surface area contributed by atoms with E-state index < -0.39 is 5.97 Å². The van der Waals surface area contributed by atoms with Gasteiger partial charge in [-0.1, -0.05) is 35.3 Å². The molecule has 0 amide bonds. The average molecular weight is 394 g/mol. The van der Waals surface area contributed by atoms with E-state index >= 15 is 0 Å². The number of carbonyl (C=O) groups excluding carboxylic acids is 1. The summed E-state index contributed by atoms with van der Waals surface area (Å²) in [6, 6.07) is 8.19. The van der Waals surface area contributed by atoms with Crippen LogP contribution < -0.4 is 5.73 Å². The predicted molar refractivity (Wildman–Crippen MR) is 103 cm³/mol. The molecule has 2 aromatic rings. The van der Waals surface area contributed by atoms with E-state index in [4.69, 9.17) is 28.9 Å². The minimum Gasteiger partial charge on any atom is -0.464 e. The number of anilines is 1. The van der Waals surface area contributed by atoms with Gasteiger partial charge in [0.2, 0.25) is 0 Å². The Labute approximate surface area is 162 Å². The number of halogens is 2. The molecule has 2 N–H and O–H groups in total. The highest BCUT2D eigenvalue weighted by atomic mass is 35.5. The molecule has 0 saturated heterocycles. The number of hydrogen-bond acceptors (Lipinski definition) is 5. The monoisotopic (exact) mass is 393 g/mol. The number of rotatable bonds is 4. The van der Waals surface area contributed by atoms with Gasteiger partial charge in [-0.05, 0) is 55.7 Å². The number of methoxy groups -OCH3 is 1. The molecule has 0 aliphatic heterocycles. The van der Waals surface area contributed by atoms with Crippen LogP contribution in [-0.2, 0) is 11.2 Å². The highest BCUT2D eigenvalue weighted by molar-refractivity contribution is 6.35. The Kier molecular flexibility index (Phi) is 5.99. The molecule has 1 aromatic heterocycles. The fourth-order valence-electron chi connectivity index (χ4n) is 2.51. The van der Waals surface area contributed by atoms with E-state index in [0.717, 1.165) is 23.8 Å². The average Bonchev–Trinajstić information content (AvgIpc) is 3.53. The number of ether oxygens (including phenoxy) is 1. The molecule has 5 nitrogen and oxygen atoms in total. The smallest absolute Gasteiger partial charge is 0.358 e. The summed E-state index contributed by atoms with van der Waals surface area (Å²) < 4.78 is 4.56. The maximum absolute atomic E-state index is 11.3. The van der Waals surface area contributed by atoms with Gasteiger partial charge in [0.15, 0.2) is 5.69 Å². The number of nitrogens with two attached hydrogens (primary N) is 1. The topological polar surface area (TPSA) is 78.1 Å². The fourth-order valence-corrected chi connectivity index (χ4v) is 2.80. The molecule has 2 aliphatic carbocycles. The van der Waals surface area contributed by atoms with Gasteiger partial charge >= 0.3 is 5.97 Å². The molecule has 0 unspecified atom stereocenters. The molecule has 2 aliphatic rings. The lowest BCUT2D eigenvalue weighted by molar-refractivity contribution is 0.0593. The second-order valence-electron chi connectivity index (χ2n) is 6.67. The molecular formula is C19H21Cl2N3O2. The highest BCUT2D eigenvalue weighted by Crippen LogP contribution is 2.39. The summed E-state index contributed by atoms with van der Waals surface area (Å²) in [5.74, 6) is 1.41. The van der Waals surface area contributed by atoms with Crippen LogP contribution in [0.2, 0.25) is 10.0 Å². The van der Waals surface area contributed by atoms with Crippen LogP contribution in [0, 0.1) is 5.92 Å². The Morgan fingerprint density at radius 2 is 1.81 bits per heavy atom. The van der Waals surface area contributed by atoms with Crippen LogP contribution in [0.1, 0.15) is 53.5 Å². The molecule has 1 aromatic carbocycles. The molecule has 0 atom stereocenters. The number of carbonyl (C=O) groups is 1. The molecule has 7 heteroatoms. The van der Waals surface area contributed by atoms with Gasteiger partial charge in [0, 0.05) is 10.9 Å². The van der Waals surface area contributed by atoms with Crippen LogP contribution in [0.25, 0.3) is 0 Å². The van der Waals surface area contributed by atoms with Crippen LogP contribution in [0.5, 0.6) is 0 Å². The van der Waals surface area contributed by atoms with Crippen LogP contribution in [0.4, 0.5) is 5.82 Å². The molecule has 138 valence electrons. The van der Waals surface area contributed by atoms with Crippen LogP contribution in [-0.4, -0.2) is 23.0 Å². The molecule has 2 saturated carbocycles. The Balaban J connectivity index is 0.000000158. The van der Waals surface area contributed by atoms with Crippen molar-refractivity contribution in [2.75, 3.05) is 12.8 Å². The zero-order chi connectivity index (χ0) is 18.7. The van der Waals surface area contributed by atoms with E-state index in [0.29, 0.717) is 11.7 Å². The third-order valence-electron chi connectivity index (χ3n) is 4.35. The molecule has 0 spiro atoms. The zero-order valence-corrected chi connectivity index (χ0v) is 16.1. The van der Waals surface area contributed by atoms with Crippen LogP contribution in [0.3, 0.4) is 0 Å². The van der Waals surface area contributed by atoms with E-state index in [-0.39, 0.29) is 16.5 Å². The molecule has 0 bridgehead atoms. The summed E-state index contributed by atoms with van der Waals surface area (Å²) in [4.78, 5) is 19.4. The van der Waals surface area contributed by atoms with E-state index in [1.54, 1.807) is 0 Å². The second kappa shape index (κ2) is 8.23. The number of hydrogen-bond donors (Lipinski definition) is 1. The van der Waals surface area contributed by atoms with Crippen molar-refractivity contribution in [1.29, 1.82) is 0 Å². The largest absolute Gasteiger partial charge is 0.464 e. The Bertz CT molecular complexity index is 788. The normalized spacial score (nSPS) is 15.8. The van der Waals surface area contributed by atoms with Gasteiger partial charge in [-0.15, -0.1) is 0 Å². The van der Waals surface area contributed by atoms with Gasteiger partial charge < -0.3 is 10.5 Å². The predicted octanol–water partition coefficient (Wildman–Crippen LogP) is 4.67. The Morgan fingerprint density at radius 1 is 1.15 bits per heavy atom. The molecule has 26 heavy (non-hydrogen) atoms. The molecule has 0 radical (unpaired) electrons. The fraction of sp³-hybridized carbons (Fsp3) is 0.421. The third-order valence-corrected chi connectivity index (χ3v) is 4.97. The van der Waals surface area contributed by atoms with E-state index in [2.05, 4.69) is 26.8 Å². The van der Waals surface area contributed by atoms with Gasteiger partial charge in [0.05, 0.1) is 7.11 Å². The third kappa shape index (κ3) is 5.08. The SMILES string of the molecule is COC(=O)c1nc(C2CC2)nc(N)c1Cl.Clc1ccc(CC2CC2)cc1. The first kappa shape index (κ1) is 18.9. The maximum atomic E-state index is 11.3. The number of aromatic nitrogens is 2. The lowest BCUT2D eigenvalue weighted by Gasteiger charge is -2.06. The van der Waals surface area contributed by atoms with Crippen LogP contribution in [0.15, 0.2) is 24.3 Å². The lowest BCUT2D eigenvalue weighted by Crippen LogP contribution is -2.11. The minimum absolute atomic E-state index is 0.0496. The molecular weight excluding hydrogens is 373 g/mol. The first-order valence-electron chi connectivity index (χ1n) is 8.63. The van der Waals surface area contributed by atoms with Gasteiger partial charge in [0.25, 0.3) is 0 Å². The number of esters is 1. The first-order valence-corrected chi connectivity index (χ1v) is 9.39. The van der Waals surface area contributed by atoms with Crippen molar-refractivity contribution in [3.05, 3.63) is 51.4 Å². The van der Waals surface area contributed by atoms with E-state index in [1.807, 2.05) is 12.1 Å². The number of nitrogens with zero attached hydrogens (tertiary/aromatic N) is 2. The van der Waals surface area contributed by atoms with Crippen molar-refractivity contribution in [3.63, 3.8) is 0 Å². The van der Waals surface area contributed by atoms with Crippen molar-refractivity contribution < 1.29 is 9.53 Å². The lowest BCUT2D eigenvalue weighted by atomic mass is 10.1. The second-order valence-corrected chi connectivity index (χ2v) is 7.48. The van der Waals surface area contributed by atoms with Crippen molar-refractivity contribution in [2.24, 2.45) is 5.92 Å². The zero-order valence-electron chi connectivity index (χ0n) is 14.5. The molecule has 4 rings (SSSR count). The van der Waals surface area contributed by atoms with Gasteiger partial charge in [-0.3, -0.25) is 0 Å². The van der Waals surface area contributed by atoms with Gasteiger partial charge in [0.1, 0.15) is 16.7 Å². The summed E-state index contributed by atoms with van der Waals surface area (Å²) in [5, 5.41) is 0.899. The highest BCUT2D eigenvalue weighted by Gasteiger charge is 2.29. The Morgan fingerprint density at radius 3 is 2.35 bits per heavy atom. The summed E-state index contributed by atoms with van der Waals surface area (Å²) in [6.45, 7) is 0. The summed E-state index contributed by atoms with van der Waals surface area (Å²) in [6.07, 6.45) is 6.14. The number of nitrogen functional groups attached to an aromatic ring is 1. The van der Waals surface area contributed by atoms with Crippen LogP contribution >= 0.6 is 23.2 Å². The summed E-state index contributed by atoms with van der Waals surface area (Å²) in [5.41, 5.74) is 7.07. The van der Waals surface area contributed by atoms with Crippen molar-refractivity contribution in [1.82, 2.24) is 9.97 Å². The van der Waals surface area contributed by atoms with E-state index in [9.17, 15) is 4.79 Å². The van der Waals surface area contributed by atoms with E-state index in [1.165, 1.54) is 31.9 Å². The Hall–Kier alpha value is -1.85. The van der Waals surface area contributed by atoms with Gasteiger partial charge in [-0.2, -0.15) is 0 Å². The standard InChI is InChI=1S/C10H11Cl.C9H10ClN3O2/c11-10-5-3-9(4-6-10)7-8-1-2-8;1-15-9(14)6-5(10)7(11)13-8(12-6)4-2-3-4/h3-6,8H,1-2,7H2;4H,2-3H2,1H3,(H2,11,12,13).